The molecule has 4 unspecified atom stereocenters. The van der Waals surface area contributed by atoms with E-state index in [9.17, 15) is 25.2 Å². The van der Waals surface area contributed by atoms with E-state index >= 15 is 0 Å². The molecule has 0 saturated carbocycles. The summed E-state index contributed by atoms with van der Waals surface area (Å²) in [6.07, 6.45) is 37.9. The van der Waals surface area contributed by atoms with Crippen LogP contribution in [0.1, 0.15) is 194 Å². The Morgan fingerprint density at radius 1 is 0.522 bits per heavy atom. The van der Waals surface area contributed by atoms with Crippen LogP contribution >= 0.6 is 0 Å². The van der Waals surface area contributed by atoms with Crippen LogP contribution in [0.25, 0.3) is 0 Å². The van der Waals surface area contributed by atoms with E-state index in [1.54, 1.807) is 0 Å². The molecular weight excluding hydrogens is 574 g/mol. The van der Waals surface area contributed by atoms with Crippen molar-refractivity contribution in [2.75, 3.05) is 6.61 Å². The van der Waals surface area contributed by atoms with Crippen LogP contribution in [0, 0.1) is 0 Å². The number of rotatable bonds is 35. The summed E-state index contributed by atoms with van der Waals surface area (Å²) in [4.78, 5) is 12.4. The SMILES string of the molecule is CCCC/C=C\CCCCCCC(O)C(=O)NC(CO)C(O)C(O)CCC/C=C/CCCCCCCCCCCCCCCCC. The first-order valence-corrected chi connectivity index (χ1v) is 19.7. The molecule has 0 rings (SSSR count). The molecule has 4 atom stereocenters. The van der Waals surface area contributed by atoms with Crippen molar-refractivity contribution in [3.63, 3.8) is 0 Å². The van der Waals surface area contributed by atoms with E-state index < -0.39 is 36.9 Å². The third-order valence-electron chi connectivity index (χ3n) is 9.13. The summed E-state index contributed by atoms with van der Waals surface area (Å²) in [5.41, 5.74) is 0. The lowest BCUT2D eigenvalue weighted by Crippen LogP contribution is -2.53. The molecule has 0 aromatic rings. The quantitative estimate of drug-likeness (QED) is 0.0346. The molecule has 0 aliphatic heterocycles. The minimum absolute atomic E-state index is 0.348. The molecule has 0 bridgehead atoms. The Morgan fingerprint density at radius 3 is 1.37 bits per heavy atom. The molecular formula is C40H77NO5. The topological polar surface area (TPSA) is 110 Å². The van der Waals surface area contributed by atoms with Gasteiger partial charge < -0.3 is 25.7 Å². The Hall–Kier alpha value is -1.21. The van der Waals surface area contributed by atoms with E-state index in [4.69, 9.17) is 0 Å². The van der Waals surface area contributed by atoms with Gasteiger partial charge in [0, 0.05) is 0 Å². The van der Waals surface area contributed by atoms with Crippen LogP contribution in [-0.2, 0) is 4.79 Å². The fourth-order valence-corrected chi connectivity index (χ4v) is 5.91. The molecule has 0 spiro atoms. The largest absolute Gasteiger partial charge is 0.394 e. The van der Waals surface area contributed by atoms with E-state index in [2.05, 4.69) is 43.5 Å². The van der Waals surface area contributed by atoms with E-state index in [1.165, 1.54) is 109 Å². The van der Waals surface area contributed by atoms with Crippen molar-refractivity contribution in [1.82, 2.24) is 5.32 Å². The van der Waals surface area contributed by atoms with Gasteiger partial charge in [0.2, 0.25) is 5.91 Å². The molecule has 0 fully saturated rings. The van der Waals surface area contributed by atoms with E-state index in [-0.39, 0.29) is 0 Å². The molecule has 0 aliphatic rings. The van der Waals surface area contributed by atoms with Gasteiger partial charge in [-0.15, -0.1) is 0 Å². The number of carbonyl (C=O) groups excluding carboxylic acids is 1. The van der Waals surface area contributed by atoms with E-state index in [0.29, 0.717) is 12.8 Å². The molecule has 0 aliphatic carbocycles. The van der Waals surface area contributed by atoms with Gasteiger partial charge in [0.05, 0.1) is 18.8 Å². The maximum Gasteiger partial charge on any atom is 0.249 e. The number of unbranched alkanes of at least 4 members (excludes halogenated alkanes) is 22. The molecule has 0 aromatic carbocycles. The third-order valence-corrected chi connectivity index (χ3v) is 9.13. The highest BCUT2D eigenvalue weighted by Crippen LogP contribution is 2.15. The summed E-state index contributed by atoms with van der Waals surface area (Å²) in [6, 6.07) is -1.00. The Labute approximate surface area is 284 Å². The van der Waals surface area contributed by atoms with Crippen LogP contribution in [0.2, 0.25) is 0 Å². The van der Waals surface area contributed by atoms with Crippen molar-refractivity contribution in [3.8, 4) is 0 Å². The maximum absolute atomic E-state index is 12.4. The first-order valence-electron chi connectivity index (χ1n) is 19.7. The maximum atomic E-state index is 12.4. The Balaban J connectivity index is 3.79. The molecule has 6 heteroatoms. The lowest BCUT2D eigenvalue weighted by Gasteiger charge is -2.27. The number of allylic oxidation sites excluding steroid dienone is 4. The van der Waals surface area contributed by atoms with Crippen LogP contribution in [0.15, 0.2) is 24.3 Å². The predicted octanol–water partition coefficient (Wildman–Crippen LogP) is 9.62. The molecule has 0 saturated heterocycles. The Kier molecular flexibility index (Phi) is 34.2. The number of hydrogen-bond acceptors (Lipinski definition) is 5. The second-order valence-electron chi connectivity index (χ2n) is 13.6. The van der Waals surface area contributed by atoms with Crippen molar-refractivity contribution in [2.24, 2.45) is 0 Å². The van der Waals surface area contributed by atoms with Gasteiger partial charge in [-0.2, -0.15) is 0 Å². The van der Waals surface area contributed by atoms with Crippen molar-refractivity contribution < 1.29 is 25.2 Å². The monoisotopic (exact) mass is 652 g/mol. The highest BCUT2D eigenvalue weighted by molar-refractivity contribution is 5.80. The smallest absolute Gasteiger partial charge is 0.249 e. The number of aliphatic hydroxyl groups excluding tert-OH is 4. The molecule has 0 aromatic heterocycles. The molecule has 1 amide bonds. The van der Waals surface area contributed by atoms with Crippen LogP contribution in [0.4, 0.5) is 0 Å². The van der Waals surface area contributed by atoms with Gasteiger partial charge in [0.15, 0.2) is 0 Å². The number of hydrogen-bond donors (Lipinski definition) is 5. The normalized spacial score (nSPS) is 14.7. The zero-order chi connectivity index (χ0) is 33.9. The number of amides is 1. The lowest BCUT2D eigenvalue weighted by atomic mass is 10.00. The Bertz CT molecular complexity index is 697. The minimum atomic E-state index is -1.28. The van der Waals surface area contributed by atoms with Crippen LogP contribution < -0.4 is 5.32 Å². The molecule has 46 heavy (non-hydrogen) atoms. The van der Waals surface area contributed by atoms with Crippen LogP contribution in [0.3, 0.4) is 0 Å². The molecule has 6 nitrogen and oxygen atoms in total. The molecule has 5 N–H and O–H groups in total. The van der Waals surface area contributed by atoms with Crippen molar-refractivity contribution in [1.29, 1.82) is 0 Å². The second-order valence-corrected chi connectivity index (χ2v) is 13.6. The van der Waals surface area contributed by atoms with Crippen molar-refractivity contribution in [2.45, 2.75) is 218 Å². The summed E-state index contributed by atoms with van der Waals surface area (Å²) in [5, 5.41) is 43.4. The van der Waals surface area contributed by atoms with Gasteiger partial charge in [-0.25, -0.2) is 0 Å². The van der Waals surface area contributed by atoms with E-state index in [1.807, 2.05) is 0 Å². The standard InChI is InChI=1S/C40H77NO5/c1-3-5-7-9-11-13-15-16-17-18-19-20-21-22-23-24-26-27-29-31-33-37(43)39(45)36(35-42)41-40(46)38(44)34-32-30-28-25-14-12-10-8-6-4-2/h10,12,26-27,36-39,42-45H,3-9,11,13-25,28-35H2,1-2H3,(H,41,46)/b12-10-,27-26+. The zero-order valence-corrected chi connectivity index (χ0v) is 30.3. The average molecular weight is 652 g/mol. The fraction of sp³-hybridized carbons (Fsp3) is 0.875. The van der Waals surface area contributed by atoms with Gasteiger partial charge in [0.25, 0.3) is 0 Å². The van der Waals surface area contributed by atoms with Gasteiger partial charge in [0.1, 0.15) is 12.2 Å². The van der Waals surface area contributed by atoms with E-state index in [0.717, 1.165) is 57.8 Å². The minimum Gasteiger partial charge on any atom is -0.394 e. The van der Waals surface area contributed by atoms with Crippen molar-refractivity contribution >= 4 is 5.91 Å². The van der Waals surface area contributed by atoms with Crippen molar-refractivity contribution in [3.05, 3.63) is 24.3 Å². The number of carbonyl (C=O) groups is 1. The highest BCUT2D eigenvalue weighted by Gasteiger charge is 2.28. The van der Waals surface area contributed by atoms with Crippen LogP contribution in [-0.4, -0.2) is 57.3 Å². The molecule has 0 radical (unpaired) electrons. The number of nitrogens with one attached hydrogen (secondary N) is 1. The fourth-order valence-electron chi connectivity index (χ4n) is 5.91. The highest BCUT2D eigenvalue weighted by atomic mass is 16.3. The summed E-state index contributed by atoms with van der Waals surface area (Å²) >= 11 is 0. The van der Waals surface area contributed by atoms with Crippen LogP contribution in [0.5, 0.6) is 0 Å². The van der Waals surface area contributed by atoms with Gasteiger partial charge in [-0.1, -0.05) is 160 Å². The third kappa shape index (κ3) is 29.0. The zero-order valence-electron chi connectivity index (χ0n) is 30.3. The van der Waals surface area contributed by atoms with Gasteiger partial charge in [-0.05, 0) is 57.8 Å². The molecule has 0 heterocycles. The predicted molar refractivity (Wildman–Crippen MR) is 196 cm³/mol. The first-order chi connectivity index (χ1) is 22.5. The summed E-state index contributed by atoms with van der Waals surface area (Å²) in [7, 11) is 0. The Morgan fingerprint density at radius 2 is 0.913 bits per heavy atom. The number of aliphatic hydroxyl groups is 4. The summed E-state index contributed by atoms with van der Waals surface area (Å²) in [6.45, 7) is 3.97. The first kappa shape index (κ1) is 44.8. The summed E-state index contributed by atoms with van der Waals surface area (Å²) < 4.78 is 0. The second kappa shape index (κ2) is 35.1. The van der Waals surface area contributed by atoms with Gasteiger partial charge in [-0.3, -0.25) is 4.79 Å². The summed E-state index contributed by atoms with van der Waals surface area (Å²) in [5.74, 6) is -0.606. The molecule has 272 valence electrons. The lowest BCUT2D eigenvalue weighted by molar-refractivity contribution is -0.132. The van der Waals surface area contributed by atoms with Gasteiger partial charge >= 0.3 is 0 Å². The average Bonchev–Trinajstić information content (AvgIpc) is 3.06.